The zero-order chi connectivity index (χ0) is 12.7. The molecule has 0 saturated heterocycles. The average molecular weight is 242 g/mol. The highest BCUT2D eigenvalue weighted by atomic mass is 16.1. The molecule has 1 fully saturated rings. The van der Waals surface area contributed by atoms with Gasteiger partial charge >= 0.3 is 0 Å². The molecule has 0 radical (unpaired) electrons. The first-order chi connectivity index (χ1) is 8.74. The second kappa shape index (κ2) is 4.23. The van der Waals surface area contributed by atoms with Crippen molar-refractivity contribution in [3.8, 4) is 0 Å². The molecule has 0 amide bonds. The number of hydrogen-bond acceptors (Lipinski definition) is 2. The Kier molecular flexibility index (Phi) is 2.69. The van der Waals surface area contributed by atoms with Crippen LogP contribution in [0, 0.1) is 0 Å². The summed E-state index contributed by atoms with van der Waals surface area (Å²) in [6.07, 6.45) is 3.43. The number of fused-ring (bicyclic) bond motifs is 1. The van der Waals surface area contributed by atoms with Crippen molar-refractivity contribution in [3.63, 3.8) is 0 Å². The van der Waals surface area contributed by atoms with Crippen LogP contribution in [0.3, 0.4) is 0 Å². The lowest BCUT2D eigenvalue weighted by molar-refractivity contribution is 0.608. The van der Waals surface area contributed by atoms with E-state index in [1.807, 2.05) is 13.0 Å². The van der Waals surface area contributed by atoms with Gasteiger partial charge in [-0.1, -0.05) is 13.0 Å². The molecular weight excluding hydrogens is 224 g/mol. The normalized spacial score (nSPS) is 15.2. The van der Waals surface area contributed by atoms with Crippen LogP contribution in [0.15, 0.2) is 23.0 Å². The average Bonchev–Trinajstić information content (AvgIpc) is 3.23. The molecule has 1 aliphatic rings. The van der Waals surface area contributed by atoms with E-state index in [0.717, 1.165) is 22.9 Å². The Bertz CT molecular complexity index is 653. The highest BCUT2D eigenvalue weighted by molar-refractivity contribution is 5.84. The van der Waals surface area contributed by atoms with Crippen LogP contribution in [-0.4, -0.2) is 9.78 Å². The second-order valence-corrected chi connectivity index (χ2v) is 5.00. The molecule has 0 aliphatic heterocycles. The molecule has 1 aromatic heterocycles. The van der Waals surface area contributed by atoms with E-state index in [9.17, 15) is 4.79 Å². The lowest BCUT2D eigenvalue weighted by atomic mass is 10.0. The first-order valence-corrected chi connectivity index (χ1v) is 6.78. The van der Waals surface area contributed by atoms with Crippen LogP contribution in [0.25, 0.3) is 10.8 Å². The molecule has 18 heavy (non-hydrogen) atoms. The highest BCUT2D eigenvalue weighted by Gasteiger charge is 2.24. The van der Waals surface area contributed by atoms with Gasteiger partial charge in [-0.05, 0) is 49.8 Å². The van der Waals surface area contributed by atoms with Gasteiger partial charge in [0.05, 0.1) is 11.1 Å². The van der Waals surface area contributed by atoms with E-state index in [0.29, 0.717) is 12.5 Å². The number of nitrogens with zero attached hydrogens (tertiary/aromatic N) is 2. The van der Waals surface area contributed by atoms with Crippen LogP contribution in [-0.2, 0) is 13.0 Å². The van der Waals surface area contributed by atoms with Crippen LogP contribution < -0.4 is 5.56 Å². The first kappa shape index (κ1) is 11.5. The molecule has 1 aliphatic carbocycles. The summed E-state index contributed by atoms with van der Waals surface area (Å²) in [4.78, 5) is 12.2. The molecule has 3 nitrogen and oxygen atoms in total. The first-order valence-electron chi connectivity index (χ1n) is 6.78. The van der Waals surface area contributed by atoms with Crippen molar-refractivity contribution in [1.82, 2.24) is 9.78 Å². The van der Waals surface area contributed by atoms with Gasteiger partial charge in [0.2, 0.25) is 0 Å². The third-order valence-electron chi connectivity index (χ3n) is 3.74. The zero-order valence-electron chi connectivity index (χ0n) is 10.9. The predicted molar refractivity (Wildman–Crippen MR) is 73.0 cm³/mol. The van der Waals surface area contributed by atoms with Gasteiger partial charge in [-0.3, -0.25) is 4.79 Å². The molecule has 0 unspecified atom stereocenters. The van der Waals surface area contributed by atoms with Crippen LogP contribution >= 0.6 is 0 Å². The van der Waals surface area contributed by atoms with Crippen molar-refractivity contribution in [2.24, 2.45) is 0 Å². The lowest BCUT2D eigenvalue weighted by Crippen LogP contribution is -2.23. The third-order valence-corrected chi connectivity index (χ3v) is 3.74. The Balaban J connectivity index is 2.30. The van der Waals surface area contributed by atoms with Crippen LogP contribution in [0.1, 0.15) is 43.9 Å². The second-order valence-electron chi connectivity index (χ2n) is 5.00. The molecule has 1 aromatic carbocycles. The molecule has 1 saturated carbocycles. The summed E-state index contributed by atoms with van der Waals surface area (Å²) >= 11 is 0. The maximum Gasteiger partial charge on any atom is 0.274 e. The lowest BCUT2D eigenvalue weighted by Gasteiger charge is -2.09. The van der Waals surface area contributed by atoms with Crippen LogP contribution in [0.5, 0.6) is 0 Å². The molecule has 1 heterocycles. The molecule has 0 atom stereocenters. The minimum Gasteiger partial charge on any atom is -0.267 e. The monoisotopic (exact) mass is 242 g/mol. The van der Waals surface area contributed by atoms with Crippen molar-refractivity contribution in [1.29, 1.82) is 0 Å². The van der Waals surface area contributed by atoms with Gasteiger partial charge in [0, 0.05) is 11.9 Å². The van der Waals surface area contributed by atoms with Crippen molar-refractivity contribution in [3.05, 3.63) is 39.8 Å². The minimum absolute atomic E-state index is 0.0343. The number of hydrogen-bond donors (Lipinski definition) is 0. The van der Waals surface area contributed by atoms with E-state index in [4.69, 9.17) is 0 Å². The van der Waals surface area contributed by atoms with Crippen LogP contribution in [0.4, 0.5) is 0 Å². The van der Waals surface area contributed by atoms with Crippen LogP contribution in [0.2, 0.25) is 0 Å². The molecule has 2 aromatic rings. The molecule has 3 rings (SSSR count). The smallest absolute Gasteiger partial charge is 0.267 e. The molecule has 0 spiro atoms. The standard InChI is InChI=1S/C15H18N2O/c1-3-14-13-9-11(10-5-6-10)7-8-12(13)15(18)17(4-2)16-14/h7-10H,3-6H2,1-2H3. The van der Waals surface area contributed by atoms with Crippen molar-refractivity contribution in [2.45, 2.75) is 45.6 Å². The summed E-state index contributed by atoms with van der Waals surface area (Å²) in [6.45, 7) is 4.68. The molecule has 94 valence electrons. The summed E-state index contributed by atoms with van der Waals surface area (Å²) in [5.41, 5.74) is 2.44. The Hall–Kier alpha value is -1.64. The summed E-state index contributed by atoms with van der Waals surface area (Å²) < 4.78 is 1.57. The van der Waals surface area contributed by atoms with Gasteiger partial charge in [0.25, 0.3) is 5.56 Å². The van der Waals surface area contributed by atoms with E-state index in [-0.39, 0.29) is 5.56 Å². The van der Waals surface area contributed by atoms with Gasteiger partial charge in [0.15, 0.2) is 0 Å². The number of benzene rings is 1. The van der Waals surface area contributed by atoms with E-state index >= 15 is 0 Å². The summed E-state index contributed by atoms with van der Waals surface area (Å²) in [6, 6.07) is 6.28. The molecule has 0 bridgehead atoms. The van der Waals surface area contributed by atoms with Gasteiger partial charge in [-0.2, -0.15) is 5.10 Å². The number of aromatic nitrogens is 2. The summed E-state index contributed by atoms with van der Waals surface area (Å²) in [5, 5.41) is 6.33. The maximum absolute atomic E-state index is 12.2. The van der Waals surface area contributed by atoms with Gasteiger partial charge < -0.3 is 0 Å². The molecule has 0 N–H and O–H groups in total. The fourth-order valence-electron chi connectivity index (χ4n) is 2.52. The van der Waals surface area contributed by atoms with Crippen molar-refractivity contribution >= 4 is 10.8 Å². The fourth-order valence-corrected chi connectivity index (χ4v) is 2.52. The van der Waals surface area contributed by atoms with E-state index in [1.165, 1.54) is 18.4 Å². The van der Waals surface area contributed by atoms with E-state index < -0.39 is 0 Å². The van der Waals surface area contributed by atoms with E-state index in [2.05, 4.69) is 24.2 Å². The third kappa shape index (κ3) is 1.74. The minimum atomic E-state index is 0.0343. The SMILES string of the molecule is CCc1nn(CC)c(=O)c2ccc(C3CC3)cc12. The van der Waals surface area contributed by atoms with Crippen molar-refractivity contribution in [2.75, 3.05) is 0 Å². The largest absolute Gasteiger partial charge is 0.274 e. The maximum atomic E-state index is 12.2. The number of rotatable bonds is 3. The summed E-state index contributed by atoms with van der Waals surface area (Å²) in [5.74, 6) is 0.715. The van der Waals surface area contributed by atoms with E-state index in [1.54, 1.807) is 4.68 Å². The Labute approximate surface area is 106 Å². The molecule has 3 heteroatoms. The molecular formula is C15H18N2O. The number of aryl methyl sites for hydroxylation is 2. The predicted octanol–water partition coefficient (Wildman–Crippen LogP) is 2.86. The Morgan fingerprint density at radius 1 is 1.28 bits per heavy atom. The Morgan fingerprint density at radius 2 is 2.06 bits per heavy atom. The van der Waals surface area contributed by atoms with Gasteiger partial charge in [-0.15, -0.1) is 0 Å². The topological polar surface area (TPSA) is 34.9 Å². The van der Waals surface area contributed by atoms with Gasteiger partial charge in [-0.25, -0.2) is 4.68 Å². The highest BCUT2D eigenvalue weighted by Crippen LogP contribution is 2.40. The summed E-state index contributed by atoms with van der Waals surface area (Å²) in [7, 11) is 0. The van der Waals surface area contributed by atoms with Crippen molar-refractivity contribution < 1.29 is 0 Å². The fraction of sp³-hybridized carbons (Fsp3) is 0.467. The van der Waals surface area contributed by atoms with Gasteiger partial charge in [0.1, 0.15) is 0 Å². The Morgan fingerprint density at radius 3 is 2.67 bits per heavy atom. The zero-order valence-corrected chi connectivity index (χ0v) is 10.9. The quantitative estimate of drug-likeness (QED) is 0.829.